The van der Waals surface area contributed by atoms with Gasteiger partial charge in [-0.1, -0.05) is 12.1 Å². The zero-order valence-corrected chi connectivity index (χ0v) is 13.0. The van der Waals surface area contributed by atoms with Gasteiger partial charge in [0.05, 0.1) is 10.6 Å². The Morgan fingerprint density at radius 3 is 2.83 bits per heavy atom. The van der Waals surface area contributed by atoms with Gasteiger partial charge in [0.2, 0.25) is 5.91 Å². The summed E-state index contributed by atoms with van der Waals surface area (Å²) in [6.07, 6.45) is 3.21. The van der Waals surface area contributed by atoms with Crippen LogP contribution < -0.4 is 10.9 Å². The van der Waals surface area contributed by atoms with E-state index in [4.69, 9.17) is 0 Å². The van der Waals surface area contributed by atoms with Gasteiger partial charge in [-0.25, -0.2) is 4.68 Å². The molecule has 6 nitrogen and oxygen atoms in total. The summed E-state index contributed by atoms with van der Waals surface area (Å²) in [6.45, 7) is 0.246. The van der Waals surface area contributed by atoms with Crippen molar-refractivity contribution in [2.75, 3.05) is 0 Å². The van der Waals surface area contributed by atoms with Gasteiger partial charge in [-0.15, -0.1) is 11.3 Å². The van der Waals surface area contributed by atoms with Crippen LogP contribution in [0.15, 0.2) is 59.0 Å². The van der Waals surface area contributed by atoms with E-state index in [9.17, 15) is 9.59 Å². The van der Waals surface area contributed by atoms with Crippen molar-refractivity contribution in [2.24, 2.45) is 0 Å². The standard InChI is InChI=1S/C16H14N4O2S/c21-14(11-20-15(22)6-2-8-19-20)18-10-12-4-1-7-17-16(12)13-5-3-9-23-13/h1-9H,10-11H2,(H,18,21). The van der Waals surface area contributed by atoms with E-state index < -0.39 is 0 Å². The normalized spacial score (nSPS) is 10.4. The topological polar surface area (TPSA) is 76.9 Å². The first-order valence-corrected chi connectivity index (χ1v) is 7.88. The van der Waals surface area contributed by atoms with Crippen LogP contribution in [-0.4, -0.2) is 20.7 Å². The zero-order chi connectivity index (χ0) is 16.1. The van der Waals surface area contributed by atoms with E-state index in [1.807, 2.05) is 29.6 Å². The predicted molar refractivity (Wildman–Crippen MR) is 87.9 cm³/mol. The van der Waals surface area contributed by atoms with Crippen LogP contribution in [0.3, 0.4) is 0 Å². The Morgan fingerprint density at radius 2 is 2.04 bits per heavy atom. The minimum atomic E-state index is -0.302. The summed E-state index contributed by atoms with van der Waals surface area (Å²) in [5.74, 6) is -0.271. The van der Waals surface area contributed by atoms with E-state index in [0.717, 1.165) is 20.8 Å². The highest BCUT2D eigenvalue weighted by molar-refractivity contribution is 7.13. The van der Waals surface area contributed by atoms with Crippen molar-refractivity contribution in [3.05, 3.63) is 70.1 Å². The lowest BCUT2D eigenvalue weighted by Gasteiger charge is -2.09. The summed E-state index contributed by atoms with van der Waals surface area (Å²) in [7, 11) is 0. The summed E-state index contributed by atoms with van der Waals surface area (Å²) in [5.41, 5.74) is 1.48. The van der Waals surface area contributed by atoms with Crippen molar-refractivity contribution in [3.8, 4) is 10.6 Å². The number of hydrogen-bond donors (Lipinski definition) is 1. The van der Waals surface area contributed by atoms with E-state index in [-0.39, 0.29) is 18.0 Å². The summed E-state index contributed by atoms with van der Waals surface area (Å²) in [5, 5.41) is 8.65. The first kappa shape index (κ1) is 15.1. The molecule has 0 atom stereocenters. The predicted octanol–water partition coefficient (Wildman–Crippen LogP) is 1.68. The molecule has 116 valence electrons. The van der Waals surface area contributed by atoms with Crippen LogP contribution in [-0.2, 0) is 17.9 Å². The third-order valence-corrected chi connectivity index (χ3v) is 4.08. The highest BCUT2D eigenvalue weighted by Crippen LogP contribution is 2.25. The molecule has 0 aliphatic heterocycles. The second kappa shape index (κ2) is 6.97. The number of thiophene rings is 1. The van der Waals surface area contributed by atoms with Crippen LogP contribution in [0.25, 0.3) is 10.6 Å². The summed E-state index contributed by atoms with van der Waals surface area (Å²) in [4.78, 5) is 29.0. The number of carbonyl (C=O) groups excluding carboxylic acids is 1. The van der Waals surface area contributed by atoms with Gasteiger partial charge >= 0.3 is 0 Å². The lowest BCUT2D eigenvalue weighted by molar-refractivity contribution is -0.122. The Bertz CT molecular complexity index is 858. The van der Waals surface area contributed by atoms with Crippen LogP contribution >= 0.6 is 11.3 Å². The lowest BCUT2D eigenvalue weighted by atomic mass is 10.1. The quantitative estimate of drug-likeness (QED) is 0.774. The fraction of sp³-hybridized carbons (Fsp3) is 0.125. The summed E-state index contributed by atoms with van der Waals surface area (Å²) >= 11 is 1.60. The molecule has 3 heterocycles. The third kappa shape index (κ3) is 3.70. The number of nitrogens with one attached hydrogen (secondary N) is 1. The molecule has 3 aromatic heterocycles. The Hall–Kier alpha value is -2.80. The zero-order valence-electron chi connectivity index (χ0n) is 12.2. The molecule has 23 heavy (non-hydrogen) atoms. The SMILES string of the molecule is O=C(Cn1ncccc1=O)NCc1cccnc1-c1cccs1. The van der Waals surface area contributed by atoms with Crippen molar-refractivity contribution in [1.29, 1.82) is 0 Å². The minimum absolute atomic E-state index is 0.103. The highest BCUT2D eigenvalue weighted by Gasteiger charge is 2.09. The average Bonchev–Trinajstić information content (AvgIpc) is 3.10. The Kier molecular flexibility index (Phi) is 4.58. The van der Waals surface area contributed by atoms with Gasteiger partial charge in [0.25, 0.3) is 5.56 Å². The van der Waals surface area contributed by atoms with Crippen molar-refractivity contribution < 1.29 is 4.79 Å². The molecule has 0 aliphatic rings. The van der Waals surface area contributed by atoms with E-state index >= 15 is 0 Å². The largest absolute Gasteiger partial charge is 0.350 e. The van der Waals surface area contributed by atoms with Gasteiger partial charge in [-0.05, 0) is 29.1 Å². The first-order valence-electron chi connectivity index (χ1n) is 7.00. The second-order valence-corrected chi connectivity index (χ2v) is 5.73. The Labute approximate surface area is 136 Å². The monoisotopic (exact) mass is 326 g/mol. The number of nitrogens with zero attached hydrogens (tertiary/aromatic N) is 3. The molecule has 0 saturated carbocycles. The maximum absolute atomic E-state index is 12.0. The molecule has 0 spiro atoms. The van der Waals surface area contributed by atoms with Crippen molar-refractivity contribution in [3.63, 3.8) is 0 Å². The number of hydrogen-bond acceptors (Lipinski definition) is 5. The molecule has 0 fully saturated rings. The first-order chi connectivity index (χ1) is 11.2. The average molecular weight is 326 g/mol. The Balaban J connectivity index is 1.68. The van der Waals surface area contributed by atoms with Gasteiger partial charge in [0.1, 0.15) is 6.54 Å². The van der Waals surface area contributed by atoms with Gasteiger partial charge in [-0.3, -0.25) is 14.6 Å². The highest BCUT2D eigenvalue weighted by atomic mass is 32.1. The fourth-order valence-electron chi connectivity index (χ4n) is 2.11. The van der Waals surface area contributed by atoms with Crippen molar-refractivity contribution in [2.45, 2.75) is 13.1 Å². The molecule has 1 N–H and O–H groups in total. The second-order valence-electron chi connectivity index (χ2n) is 4.78. The third-order valence-electron chi connectivity index (χ3n) is 3.20. The van der Waals surface area contributed by atoms with Crippen LogP contribution in [0.5, 0.6) is 0 Å². The van der Waals surface area contributed by atoms with Crippen molar-refractivity contribution in [1.82, 2.24) is 20.1 Å². The molecule has 0 aliphatic carbocycles. The number of pyridine rings is 1. The lowest BCUT2D eigenvalue weighted by Crippen LogP contribution is -2.32. The molecule has 3 aromatic rings. The number of rotatable bonds is 5. The van der Waals surface area contributed by atoms with E-state index in [1.54, 1.807) is 23.6 Å². The molecule has 0 unspecified atom stereocenters. The molecule has 0 radical (unpaired) electrons. The van der Waals surface area contributed by atoms with Gasteiger partial charge in [-0.2, -0.15) is 5.10 Å². The number of aromatic nitrogens is 3. The molecule has 3 rings (SSSR count). The summed E-state index contributed by atoms with van der Waals surface area (Å²) < 4.78 is 1.12. The van der Waals surface area contributed by atoms with Crippen molar-refractivity contribution >= 4 is 17.2 Å². The molecule has 0 bridgehead atoms. The molecule has 0 saturated heterocycles. The summed E-state index contributed by atoms with van der Waals surface area (Å²) in [6, 6.07) is 10.6. The van der Waals surface area contributed by atoms with E-state index in [1.165, 1.54) is 12.3 Å². The van der Waals surface area contributed by atoms with Gasteiger partial charge in [0.15, 0.2) is 0 Å². The number of amides is 1. The maximum Gasteiger partial charge on any atom is 0.267 e. The number of carbonyl (C=O) groups is 1. The van der Waals surface area contributed by atoms with Gasteiger partial charge < -0.3 is 5.32 Å². The maximum atomic E-state index is 12.0. The van der Waals surface area contributed by atoms with E-state index in [0.29, 0.717) is 6.54 Å². The molecule has 1 amide bonds. The van der Waals surface area contributed by atoms with Crippen LogP contribution in [0, 0.1) is 0 Å². The Morgan fingerprint density at radius 1 is 1.17 bits per heavy atom. The van der Waals surface area contributed by atoms with E-state index in [2.05, 4.69) is 15.4 Å². The molecular weight excluding hydrogens is 312 g/mol. The molecular formula is C16H14N4O2S. The van der Waals surface area contributed by atoms with Gasteiger partial charge in [0, 0.05) is 25.0 Å². The fourth-order valence-corrected chi connectivity index (χ4v) is 2.86. The van der Waals surface area contributed by atoms with Crippen LogP contribution in [0.2, 0.25) is 0 Å². The van der Waals surface area contributed by atoms with Crippen LogP contribution in [0.4, 0.5) is 0 Å². The molecule has 7 heteroatoms. The minimum Gasteiger partial charge on any atom is -0.350 e. The molecule has 0 aromatic carbocycles. The van der Waals surface area contributed by atoms with Crippen LogP contribution in [0.1, 0.15) is 5.56 Å². The smallest absolute Gasteiger partial charge is 0.267 e.